The van der Waals surface area contributed by atoms with Gasteiger partial charge in [-0.3, -0.25) is 4.79 Å². The summed E-state index contributed by atoms with van der Waals surface area (Å²) in [6.07, 6.45) is -0.115. The second kappa shape index (κ2) is 6.37. The second-order valence-corrected chi connectivity index (χ2v) is 5.82. The Morgan fingerprint density at radius 1 is 1.04 bits per heavy atom. The lowest BCUT2D eigenvalue weighted by atomic mass is 9.91. The lowest BCUT2D eigenvalue weighted by Crippen LogP contribution is -2.19. The molecule has 0 aliphatic heterocycles. The highest BCUT2D eigenvalue weighted by atomic mass is 16.4. The Bertz CT molecular complexity index is 878. The van der Waals surface area contributed by atoms with Gasteiger partial charge in [-0.1, -0.05) is 48.5 Å². The van der Waals surface area contributed by atoms with E-state index in [1.54, 1.807) is 6.92 Å². The number of benzene rings is 3. The molecule has 0 aromatic heterocycles. The maximum atomic E-state index is 10.9. The molecular formula is C19H18N2O3. The third-order valence-electron chi connectivity index (χ3n) is 3.94. The van der Waals surface area contributed by atoms with Gasteiger partial charge >= 0.3 is 5.97 Å². The van der Waals surface area contributed by atoms with Crippen molar-refractivity contribution in [2.75, 3.05) is 6.54 Å². The molecule has 24 heavy (non-hydrogen) atoms. The number of rotatable bonds is 5. The van der Waals surface area contributed by atoms with Crippen LogP contribution < -0.4 is 0 Å². The van der Waals surface area contributed by atoms with E-state index in [1.807, 2.05) is 48.5 Å². The molecule has 3 aromatic rings. The van der Waals surface area contributed by atoms with Gasteiger partial charge in [0, 0.05) is 5.56 Å². The van der Waals surface area contributed by atoms with E-state index in [0.717, 1.165) is 21.5 Å². The van der Waals surface area contributed by atoms with E-state index < -0.39 is 11.7 Å². The van der Waals surface area contributed by atoms with E-state index in [2.05, 4.69) is 16.3 Å². The van der Waals surface area contributed by atoms with Gasteiger partial charge in [-0.2, -0.15) is 10.2 Å². The minimum atomic E-state index is -1.54. The van der Waals surface area contributed by atoms with Crippen LogP contribution >= 0.6 is 0 Å². The maximum Gasteiger partial charge on any atom is 0.305 e. The van der Waals surface area contributed by atoms with Crippen molar-refractivity contribution in [3.63, 3.8) is 0 Å². The van der Waals surface area contributed by atoms with Gasteiger partial charge in [-0.25, -0.2) is 0 Å². The lowest BCUT2D eigenvalue weighted by Gasteiger charge is -2.22. The molecule has 3 aromatic carbocycles. The van der Waals surface area contributed by atoms with Gasteiger partial charge in [0.25, 0.3) is 0 Å². The second-order valence-electron chi connectivity index (χ2n) is 5.82. The minimum absolute atomic E-state index is 0.0359. The van der Waals surface area contributed by atoms with Crippen molar-refractivity contribution in [3.05, 3.63) is 60.2 Å². The summed E-state index contributed by atoms with van der Waals surface area (Å²) >= 11 is 0. The molecule has 0 amide bonds. The lowest BCUT2D eigenvalue weighted by molar-refractivity contribution is -0.136. The Morgan fingerprint density at radius 2 is 1.58 bits per heavy atom. The van der Waals surface area contributed by atoms with Crippen LogP contribution in [-0.2, 0) is 10.5 Å². The molecule has 0 radical (unpaired) electrons. The van der Waals surface area contributed by atoms with Crippen LogP contribution in [0.15, 0.2) is 64.8 Å². The van der Waals surface area contributed by atoms with Crippen molar-refractivity contribution < 1.29 is 15.0 Å². The Hall–Kier alpha value is -2.79. The van der Waals surface area contributed by atoms with E-state index in [0.29, 0.717) is 5.56 Å². The van der Waals surface area contributed by atoms with E-state index in [4.69, 9.17) is 5.11 Å². The summed E-state index contributed by atoms with van der Waals surface area (Å²) < 4.78 is 0. The van der Waals surface area contributed by atoms with Crippen molar-refractivity contribution in [3.8, 4) is 0 Å². The van der Waals surface area contributed by atoms with Crippen molar-refractivity contribution in [1.29, 1.82) is 0 Å². The van der Waals surface area contributed by atoms with Crippen LogP contribution in [0.1, 0.15) is 18.9 Å². The summed E-state index contributed by atoms with van der Waals surface area (Å²) in [5, 5.41) is 31.3. The normalized spacial score (nSPS) is 14.2. The highest BCUT2D eigenvalue weighted by Crippen LogP contribution is 2.36. The number of carbonyl (C=O) groups is 1. The van der Waals surface area contributed by atoms with Crippen molar-refractivity contribution >= 4 is 27.5 Å². The number of carboxylic acid groups (broad SMARTS) is 1. The summed E-state index contributed by atoms with van der Waals surface area (Å²) in [7, 11) is 0. The van der Waals surface area contributed by atoms with Crippen LogP contribution in [0.4, 0.5) is 0 Å². The molecule has 0 bridgehead atoms. The summed E-state index contributed by atoms with van der Waals surface area (Å²) in [6, 6.07) is 17.7. The molecule has 0 aliphatic carbocycles. The third-order valence-corrected chi connectivity index (χ3v) is 3.94. The van der Waals surface area contributed by atoms with Gasteiger partial charge in [-0.05, 0) is 34.5 Å². The smallest absolute Gasteiger partial charge is 0.305 e. The largest absolute Gasteiger partial charge is 0.481 e. The van der Waals surface area contributed by atoms with E-state index in [-0.39, 0.29) is 13.0 Å². The first-order valence-electron chi connectivity index (χ1n) is 7.73. The molecule has 0 aliphatic rings. The van der Waals surface area contributed by atoms with E-state index in [9.17, 15) is 9.90 Å². The first-order valence-corrected chi connectivity index (χ1v) is 7.73. The summed E-state index contributed by atoms with van der Waals surface area (Å²) in [4.78, 5) is 10.6. The van der Waals surface area contributed by atoms with E-state index >= 15 is 0 Å². The van der Waals surface area contributed by atoms with Crippen LogP contribution in [0.2, 0.25) is 0 Å². The molecule has 1 atom stereocenters. The summed E-state index contributed by atoms with van der Waals surface area (Å²) in [5.74, 6) is -0.941. The van der Waals surface area contributed by atoms with Crippen LogP contribution in [0.3, 0.4) is 0 Å². The molecule has 0 spiro atoms. The molecular weight excluding hydrogens is 304 g/mol. The number of hydrogen-bond acceptors (Lipinski definition) is 4. The molecule has 3 rings (SSSR count). The van der Waals surface area contributed by atoms with Gasteiger partial charge in [0.05, 0.1) is 13.0 Å². The highest BCUT2D eigenvalue weighted by molar-refractivity contribution is 6.02. The number of aliphatic hydroxyl groups is 1. The zero-order valence-corrected chi connectivity index (χ0v) is 13.3. The van der Waals surface area contributed by atoms with Crippen LogP contribution in [0, 0.1) is 0 Å². The average Bonchev–Trinajstić information content (AvgIpc) is 2.56. The van der Waals surface area contributed by atoms with Crippen LogP contribution in [0.5, 0.6) is 0 Å². The van der Waals surface area contributed by atoms with Gasteiger partial charge in [0.15, 0.2) is 0 Å². The fourth-order valence-corrected chi connectivity index (χ4v) is 2.91. The van der Waals surface area contributed by atoms with Gasteiger partial charge in [0.2, 0.25) is 5.72 Å². The standard InChI is InChI=1S/C19H18N2O3/c1-19(24,21-20-11-10-17(22)23)18-15-8-4-2-6-13(15)12-14-7-3-5-9-16(14)18/h2-9,12,24H,10-11H2,1H3,(H,22,23). The van der Waals surface area contributed by atoms with Crippen LogP contribution in [-0.4, -0.2) is 22.7 Å². The van der Waals surface area contributed by atoms with Gasteiger partial charge in [-0.15, -0.1) is 0 Å². The Morgan fingerprint density at radius 3 is 2.12 bits per heavy atom. The zero-order chi connectivity index (χ0) is 17.2. The minimum Gasteiger partial charge on any atom is -0.481 e. The third kappa shape index (κ3) is 3.12. The van der Waals surface area contributed by atoms with Crippen molar-refractivity contribution in [1.82, 2.24) is 0 Å². The molecule has 5 nitrogen and oxygen atoms in total. The number of carboxylic acids is 1. The Kier molecular flexibility index (Phi) is 4.27. The van der Waals surface area contributed by atoms with Gasteiger partial charge in [0.1, 0.15) is 0 Å². The zero-order valence-electron chi connectivity index (χ0n) is 13.3. The first kappa shape index (κ1) is 16.1. The molecule has 0 saturated heterocycles. The van der Waals surface area contributed by atoms with Gasteiger partial charge < -0.3 is 10.2 Å². The number of hydrogen-bond donors (Lipinski definition) is 2. The topological polar surface area (TPSA) is 82.2 Å². The first-order chi connectivity index (χ1) is 11.5. The van der Waals surface area contributed by atoms with E-state index in [1.165, 1.54) is 0 Å². The molecule has 0 saturated carbocycles. The fourth-order valence-electron chi connectivity index (χ4n) is 2.91. The molecule has 122 valence electrons. The molecule has 0 heterocycles. The van der Waals surface area contributed by atoms with Crippen LogP contribution in [0.25, 0.3) is 21.5 Å². The molecule has 2 N–H and O–H groups in total. The fraction of sp³-hybridized carbons (Fsp3) is 0.211. The average molecular weight is 322 g/mol. The van der Waals surface area contributed by atoms with Crippen molar-refractivity contribution in [2.45, 2.75) is 19.1 Å². The Labute approximate surface area is 139 Å². The van der Waals surface area contributed by atoms with Crippen molar-refractivity contribution in [2.24, 2.45) is 10.2 Å². The SMILES string of the molecule is CC(O)(N=NCCC(=O)O)c1c2ccccc2cc2ccccc12. The number of aliphatic carboxylic acids is 1. The monoisotopic (exact) mass is 322 g/mol. The Balaban J connectivity index is 2.16. The predicted molar refractivity (Wildman–Crippen MR) is 93.0 cm³/mol. The summed E-state index contributed by atoms with van der Waals surface area (Å²) in [6.45, 7) is 1.61. The molecule has 0 fully saturated rings. The molecule has 1 unspecified atom stereocenters. The number of nitrogens with zero attached hydrogens (tertiary/aromatic N) is 2. The number of azo groups is 1. The quantitative estimate of drug-likeness (QED) is 0.548. The molecule has 5 heteroatoms. The highest BCUT2D eigenvalue weighted by Gasteiger charge is 2.27. The summed E-state index contributed by atoms with van der Waals surface area (Å²) in [5.41, 5.74) is -0.867. The maximum absolute atomic E-state index is 10.9. The predicted octanol–water partition coefficient (Wildman–Crippen LogP) is 4.08. The number of fused-ring (bicyclic) bond motifs is 2.